The molecule has 0 N–H and O–H groups in total. The molecule has 1 aromatic carbocycles. The molecule has 1 heterocycles. The third-order valence-corrected chi connectivity index (χ3v) is 2.65. The van der Waals surface area contributed by atoms with Gasteiger partial charge < -0.3 is 4.18 Å². The van der Waals surface area contributed by atoms with E-state index in [2.05, 4.69) is 39.3 Å². The fourth-order valence-electron chi connectivity index (χ4n) is 1.05. The van der Waals surface area contributed by atoms with E-state index in [0.29, 0.717) is 11.5 Å². The van der Waals surface area contributed by atoms with Crippen molar-refractivity contribution in [3.8, 4) is 0 Å². The predicted octanol–water partition coefficient (Wildman–Crippen LogP) is 1.33. The molecule has 0 bridgehead atoms. The molecule has 0 aliphatic carbocycles. The summed E-state index contributed by atoms with van der Waals surface area (Å²) in [5, 5.41) is 0. The maximum Gasteiger partial charge on any atom is 0 e. The third-order valence-electron chi connectivity index (χ3n) is 1.60. The second-order valence-corrected chi connectivity index (χ2v) is 3.48. The Hall–Kier alpha value is -1.71. The first-order valence-electron chi connectivity index (χ1n) is 4.61. The normalized spacial score (nSPS) is 12.1. The minimum Gasteiger partial charge on any atom is 0 e. The van der Waals surface area contributed by atoms with Gasteiger partial charge in [0, 0.05) is 23.7 Å². The van der Waals surface area contributed by atoms with E-state index < -0.39 is 11.1 Å². The van der Waals surface area contributed by atoms with Crippen LogP contribution in [-0.4, -0.2) is 10.8 Å². The average Bonchev–Trinajstić information content (AvgIpc) is 3.10. The van der Waals surface area contributed by atoms with Gasteiger partial charge in [0.1, 0.15) is 0 Å². The van der Waals surface area contributed by atoms with E-state index in [9.17, 15) is 4.21 Å². The Morgan fingerprint density at radius 2 is 1.26 bits per heavy atom. The van der Waals surface area contributed by atoms with Crippen molar-refractivity contribution in [1.82, 2.24) is 0 Å². The second-order valence-electron chi connectivity index (χ2n) is 2.37. The van der Waals surface area contributed by atoms with Crippen molar-refractivity contribution in [3.05, 3.63) is 75.2 Å². The van der Waals surface area contributed by atoms with Crippen LogP contribution in [-0.2, 0) is 55.6 Å². The van der Waals surface area contributed by atoms with Crippen molar-refractivity contribution in [2.45, 2.75) is 0 Å². The summed E-state index contributed by atoms with van der Waals surface area (Å²) in [6.45, 7) is 22.8. The number of hydrogen-bond donors (Lipinski definition) is 0. The van der Waals surface area contributed by atoms with Crippen molar-refractivity contribution in [3.63, 3.8) is 0 Å². The van der Waals surface area contributed by atoms with Crippen molar-refractivity contribution < 1.29 is 48.7 Å². The molecule has 9 heteroatoms. The van der Waals surface area contributed by atoms with Crippen LogP contribution in [0.25, 0.3) is 4.91 Å². The van der Waals surface area contributed by atoms with Crippen LogP contribution in [0.5, 0.6) is 0 Å². The van der Waals surface area contributed by atoms with Gasteiger partial charge in [-0.2, -0.15) is 5.56 Å². The molecule has 1 aromatic rings. The predicted molar refractivity (Wildman–Crippen MR) is 66.8 cm³/mol. The van der Waals surface area contributed by atoms with Crippen LogP contribution in [0.15, 0.2) is 30.3 Å². The third kappa shape index (κ3) is 16.5. The molecule has 0 amide bonds. The molecule has 0 aromatic heterocycles. The van der Waals surface area contributed by atoms with Crippen LogP contribution in [0.2, 0.25) is 0 Å². The van der Waals surface area contributed by atoms with Gasteiger partial charge in [-0.25, -0.2) is 10.3 Å². The molecule has 0 saturated heterocycles. The van der Waals surface area contributed by atoms with E-state index in [-0.39, 0.29) is 17.1 Å². The molecule has 1 aliphatic heterocycles. The minimum atomic E-state index is -1.31. The molecule has 1 atom stereocenters. The molecule has 0 saturated carbocycles. The maximum absolute atomic E-state index is 11.2. The number of hydrogen-bond acceptors (Lipinski definition) is 2. The van der Waals surface area contributed by atoms with E-state index >= 15 is 0 Å². The van der Waals surface area contributed by atoms with Gasteiger partial charge >= 0.3 is 56.5 Å². The molecule has 1 aliphatic rings. The second kappa shape index (κ2) is 32.3. The van der Waals surface area contributed by atoms with Gasteiger partial charge in [0.15, 0.2) is 11.1 Å². The van der Waals surface area contributed by atoms with Crippen LogP contribution in [0.3, 0.4) is 0 Å². The molecule has 119 valence electrons. The summed E-state index contributed by atoms with van der Waals surface area (Å²) in [7, 11) is 0. The van der Waals surface area contributed by atoms with Crippen molar-refractivity contribution in [1.29, 1.82) is 0 Å². The average molecular weight is 374 g/mol. The number of rotatable bonds is 1. The Morgan fingerprint density at radius 1 is 0.870 bits per heavy atom. The fourth-order valence-corrected chi connectivity index (χ4v) is 1.84. The van der Waals surface area contributed by atoms with E-state index in [1.165, 1.54) is 0 Å². The van der Waals surface area contributed by atoms with E-state index in [1.54, 1.807) is 0 Å². The molecule has 1 unspecified atom stereocenters. The van der Waals surface area contributed by atoms with Gasteiger partial charge in [-0.1, -0.05) is 23.1 Å². The molecule has 7 nitrogen and oxygen atoms in total. The zero-order valence-corrected chi connectivity index (χ0v) is 13.2. The Bertz CT molecular complexity index is 495. The van der Waals surface area contributed by atoms with Crippen LogP contribution in [0, 0.1) is 39.3 Å². The van der Waals surface area contributed by atoms with Crippen LogP contribution >= 0.6 is 0 Å². The zero-order chi connectivity index (χ0) is 18.4. The first kappa shape index (κ1) is 33.0. The summed E-state index contributed by atoms with van der Waals surface area (Å²) in [5.41, 5.74) is 0.924. The van der Waals surface area contributed by atoms with E-state index in [0.717, 1.165) is 5.56 Å². The standard InChI is InChI=1S/C9H7O2S.5CO.Mn/c10-12-9(6-7-11-12)8-4-2-1-3-5-8;5*1-2;/h1-5H,7H2;;;;;;/q-1;;;;;;. The van der Waals surface area contributed by atoms with Crippen LogP contribution < -0.4 is 0 Å². The topological polar surface area (TPSA) is 126 Å². The van der Waals surface area contributed by atoms with Gasteiger partial charge in [-0.3, -0.25) is 0 Å². The summed E-state index contributed by atoms with van der Waals surface area (Å²) < 4.78 is 53.5. The van der Waals surface area contributed by atoms with Crippen LogP contribution in [0.1, 0.15) is 5.56 Å². The minimum absolute atomic E-state index is 0. The monoisotopic (exact) mass is 374 g/mol. The maximum atomic E-state index is 11.2. The fraction of sp³-hybridized carbons (Fsp3) is 0.0714. The largest absolute Gasteiger partial charge is 0 e. The number of benzene rings is 1. The molecule has 1 radical (unpaired) electrons. The van der Waals surface area contributed by atoms with Gasteiger partial charge in [0.05, 0.1) is 0 Å². The van der Waals surface area contributed by atoms with E-state index in [1.807, 2.05) is 30.3 Å². The molecule has 0 spiro atoms. The van der Waals surface area contributed by atoms with Gasteiger partial charge in [0.2, 0.25) is 0 Å². The first-order chi connectivity index (χ1) is 10.9. The quantitative estimate of drug-likeness (QED) is 0.418. The van der Waals surface area contributed by atoms with Gasteiger partial charge in [-0.15, -0.1) is 12.1 Å². The molecule has 0 fully saturated rings. The zero-order valence-electron chi connectivity index (χ0n) is 11.2. The summed E-state index contributed by atoms with van der Waals surface area (Å²) in [5.74, 6) is 0. The van der Waals surface area contributed by atoms with Crippen molar-refractivity contribution in [2.75, 3.05) is 6.61 Å². The molecule has 2 rings (SSSR count). The molecule has 23 heavy (non-hydrogen) atoms. The molecular formula is C14H7MnO7S-. The smallest absolute Gasteiger partial charge is 0 e. The first-order valence-corrected chi connectivity index (χ1v) is 5.69. The Labute approximate surface area is 146 Å². The van der Waals surface area contributed by atoms with E-state index in [4.69, 9.17) is 27.4 Å². The van der Waals surface area contributed by atoms with Crippen molar-refractivity contribution >= 4 is 16.0 Å². The molecular weight excluding hydrogens is 367 g/mol. The summed E-state index contributed by atoms with van der Waals surface area (Å²) >= 11 is -1.31. The Kier molecular flexibility index (Phi) is 46.4. The summed E-state index contributed by atoms with van der Waals surface area (Å²) in [6.07, 6.45) is 2.92. The Balaban J connectivity index is -0.0000000852. The van der Waals surface area contributed by atoms with Gasteiger partial charge in [0.25, 0.3) is 0 Å². The van der Waals surface area contributed by atoms with Gasteiger partial charge in [-0.05, 0) is 0 Å². The summed E-state index contributed by atoms with van der Waals surface area (Å²) in [6, 6.07) is 9.52. The van der Waals surface area contributed by atoms with Crippen LogP contribution in [0.4, 0.5) is 0 Å². The Morgan fingerprint density at radius 3 is 1.57 bits per heavy atom. The SMILES string of the molecule is O=S1OC[C-]=C1c1ccccc1.[C-]#[O+].[C-]#[O+].[C-]#[O+].[C-]#[O+].[C-]#[O+].[Mn]. The van der Waals surface area contributed by atoms with Crippen molar-refractivity contribution in [2.24, 2.45) is 0 Å². The summed E-state index contributed by atoms with van der Waals surface area (Å²) in [4.78, 5) is 0.663.